The fraction of sp³-hybridized carbons (Fsp3) is 0.261. The smallest absolute Gasteiger partial charge is 0.292 e. The van der Waals surface area contributed by atoms with Crippen LogP contribution in [0.2, 0.25) is 0 Å². The Labute approximate surface area is 165 Å². The Hall–Kier alpha value is -3.21. The number of imidazole rings is 1. The summed E-state index contributed by atoms with van der Waals surface area (Å²) in [6.45, 7) is 10.4. The topological polar surface area (TPSA) is 52.7 Å². The molecular weight excluding hydrogens is 348 g/mol. The zero-order valence-electron chi connectivity index (χ0n) is 16.9. The summed E-state index contributed by atoms with van der Waals surface area (Å²) in [6, 6.07) is 8.15. The first-order valence-electron chi connectivity index (χ1n) is 9.43. The molecule has 3 rings (SSSR count). The number of benzene rings is 1. The van der Waals surface area contributed by atoms with Crippen molar-refractivity contribution >= 4 is 11.2 Å². The maximum Gasteiger partial charge on any atom is 0.330 e. The molecule has 0 radical (unpaired) electrons. The molecule has 3 aromatic rings. The molecule has 0 N–H and O–H groups in total. The quantitative estimate of drug-likeness (QED) is 0.592. The number of rotatable bonds is 6. The van der Waals surface area contributed by atoms with E-state index in [9.17, 15) is 4.79 Å². The van der Waals surface area contributed by atoms with Crippen molar-refractivity contribution in [1.82, 2.24) is 19.1 Å². The lowest BCUT2D eigenvalue weighted by atomic mass is 9.97. The highest BCUT2D eigenvalue weighted by molar-refractivity contribution is 5.74. The van der Waals surface area contributed by atoms with Crippen molar-refractivity contribution in [2.24, 2.45) is 7.05 Å². The van der Waals surface area contributed by atoms with Crippen molar-refractivity contribution in [2.75, 3.05) is 0 Å². The molecule has 5 nitrogen and oxygen atoms in total. The van der Waals surface area contributed by atoms with E-state index in [-0.39, 0.29) is 5.69 Å². The van der Waals surface area contributed by atoms with Crippen molar-refractivity contribution in [3.63, 3.8) is 0 Å². The van der Waals surface area contributed by atoms with Crippen LogP contribution in [0.5, 0.6) is 0 Å². The number of nitrogens with zero attached hydrogens (tertiary/aromatic N) is 4. The van der Waals surface area contributed by atoms with Crippen molar-refractivity contribution in [3.05, 3.63) is 83.0 Å². The minimum absolute atomic E-state index is 0.113. The average Bonchev–Trinajstić information content (AvgIpc) is 2.92. The predicted molar refractivity (Wildman–Crippen MR) is 115 cm³/mol. The second-order valence-corrected chi connectivity index (χ2v) is 7.05. The van der Waals surface area contributed by atoms with E-state index in [4.69, 9.17) is 4.98 Å². The van der Waals surface area contributed by atoms with Gasteiger partial charge in [-0.3, -0.25) is 9.13 Å². The highest BCUT2D eigenvalue weighted by Crippen LogP contribution is 2.27. The highest BCUT2D eigenvalue weighted by atomic mass is 16.1. The SMILES string of the molecule is C=C/C=C(\C=C/C)Cn1c(=O)n(C)c2cnc(-c3ccccc3C(C)C)nc21. The van der Waals surface area contributed by atoms with Gasteiger partial charge in [0.25, 0.3) is 0 Å². The van der Waals surface area contributed by atoms with Crippen LogP contribution in [0, 0.1) is 0 Å². The Morgan fingerprint density at radius 2 is 2.04 bits per heavy atom. The zero-order valence-corrected chi connectivity index (χ0v) is 16.9. The highest BCUT2D eigenvalue weighted by Gasteiger charge is 2.16. The summed E-state index contributed by atoms with van der Waals surface area (Å²) < 4.78 is 3.28. The number of fused-ring (bicyclic) bond motifs is 1. The monoisotopic (exact) mass is 374 g/mol. The molecule has 0 aliphatic heterocycles. The second kappa shape index (κ2) is 8.21. The molecule has 0 bridgehead atoms. The molecule has 0 saturated carbocycles. The van der Waals surface area contributed by atoms with Crippen LogP contribution in [0.25, 0.3) is 22.6 Å². The molecule has 0 atom stereocenters. The molecule has 0 saturated heterocycles. The van der Waals surface area contributed by atoms with Crippen LogP contribution in [0.3, 0.4) is 0 Å². The number of aryl methyl sites for hydroxylation is 1. The van der Waals surface area contributed by atoms with Gasteiger partial charge in [-0.1, -0.05) is 69.0 Å². The molecule has 0 spiro atoms. The molecule has 0 aliphatic carbocycles. The number of hydrogen-bond acceptors (Lipinski definition) is 3. The van der Waals surface area contributed by atoms with Gasteiger partial charge in [-0.2, -0.15) is 0 Å². The van der Waals surface area contributed by atoms with E-state index in [1.54, 1.807) is 28.5 Å². The molecule has 28 heavy (non-hydrogen) atoms. The molecule has 1 aromatic carbocycles. The average molecular weight is 374 g/mol. The summed E-state index contributed by atoms with van der Waals surface area (Å²) >= 11 is 0. The fourth-order valence-electron chi connectivity index (χ4n) is 3.36. The second-order valence-electron chi connectivity index (χ2n) is 7.05. The molecule has 0 unspecified atom stereocenters. The van der Waals surface area contributed by atoms with Gasteiger partial charge in [-0.05, 0) is 24.0 Å². The van der Waals surface area contributed by atoms with Gasteiger partial charge in [0, 0.05) is 12.6 Å². The standard InChI is InChI=1S/C23H26N4O/c1-6-10-17(11-7-2)15-27-22-20(26(5)23(27)28)14-24-21(25-22)19-13-9-8-12-18(19)16(3)4/h6-14,16H,1,15H2,2-5H3/b11-7-,17-10+. The molecule has 0 fully saturated rings. The molecule has 2 aromatic heterocycles. The van der Waals surface area contributed by atoms with Crippen molar-refractivity contribution in [1.29, 1.82) is 0 Å². The Morgan fingerprint density at radius 3 is 2.71 bits per heavy atom. The van der Waals surface area contributed by atoms with Crippen LogP contribution in [-0.4, -0.2) is 19.1 Å². The van der Waals surface area contributed by atoms with Gasteiger partial charge in [0.1, 0.15) is 5.52 Å². The number of allylic oxidation sites excluding steroid dienone is 5. The first kappa shape index (κ1) is 19.5. The van der Waals surface area contributed by atoms with Crippen molar-refractivity contribution < 1.29 is 0 Å². The number of hydrogen-bond donors (Lipinski definition) is 0. The Morgan fingerprint density at radius 1 is 1.29 bits per heavy atom. The van der Waals surface area contributed by atoms with Crippen molar-refractivity contribution in [2.45, 2.75) is 33.2 Å². The normalized spacial score (nSPS) is 12.4. The molecule has 0 aliphatic rings. The third kappa shape index (κ3) is 3.60. The maximum atomic E-state index is 12.8. The molecule has 5 heteroatoms. The van der Waals surface area contributed by atoms with E-state index in [1.807, 2.05) is 43.4 Å². The first-order chi connectivity index (χ1) is 13.5. The summed E-state index contributed by atoms with van der Waals surface area (Å²) in [6.07, 6.45) is 9.29. The van der Waals surface area contributed by atoms with Gasteiger partial charge in [0.2, 0.25) is 0 Å². The summed E-state index contributed by atoms with van der Waals surface area (Å²) in [5, 5.41) is 0. The first-order valence-corrected chi connectivity index (χ1v) is 9.43. The molecule has 144 valence electrons. The molecule has 0 amide bonds. The van der Waals surface area contributed by atoms with E-state index in [0.717, 1.165) is 11.1 Å². The zero-order chi connectivity index (χ0) is 20.3. The van der Waals surface area contributed by atoms with Crippen LogP contribution in [0.15, 0.2) is 71.7 Å². The third-order valence-electron chi connectivity index (χ3n) is 4.76. The van der Waals surface area contributed by atoms with E-state index >= 15 is 0 Å². The van der Waals surface area contributed by atoms with Gasteiger partial charge in [0.15, 0.2) is 11.5 Å². The van der Waals surface area contributed by atoms with Gasteiger partial charge in [-0.25, -0.2) is 14.8 Å². The van der Waals surface area contributed by atoms with Crippen LogP contribution in [0.1, 0.15) is 32.3 Å². The fourth-order valence-corrected chi connectivity index (χ4v) is 3.36. The largest absolute Gasteiger partial charge is 0.330 e. The molecular formula is C23H26N4O. The van der Waals surface area contributed by atoms with Crippen molar-refractivity contribution in [3.8, 4) is 11.4 Å². The van der Waals surface area contributed by atoms with Gasteiger partial charge in [-0.15, -0.1) is 0 Å². The third-order valence-corrected chi connectivity index (χ3v) is 4.76. The lowest BCUT2D eigenvalue weighted by molar-refractivity contribution is 0.731. The van der Waals surface area contributed by atoms with E-state index in [2.05, 4.69) is 31.5 Å². The van der Waals surface area contributed by atoms with Crippen LogP contribution < -0.4 is 5.69 Å². The lowest BCUT2D eigenvalue weighted by Gasteiger charge is -2.11. The van der Waals surface area contributed by atoms with E-state index in [0.29, 0.717) is 29.5 Å². The van der Waals surface area contributed by atoms with E-state index < -0.39 is 0 Å². The van der Waals surface area contributed by atoms with Gasteiger partial charge < -0.3 is 0 Å². The summed E-state index contributed by atoms with van der Waals surface area (Å²) in [5.74, 6) is 0.988. The summed E-state index contributed by atoms with van der Waals surface area (Å²) in [4.78, 5) is 22.2. The summed E-state index contributed by atoms with van der Waals surface area (Å²) in [5.41, 5.74) is 4.41. The molecule has 2 heterocycles. The van der Waals surface area contributed by atoms with Crippen LogP contribution in [-0.2, 0) is 13.6 Å². The minimum atomic E-state index is -0.113. The number of aromatic nitrogens is 4. The summed E-state index contributed by atoms with van der Waals surface area (Å²) in [7, 11) is 1.75. The van der Waals surface area contributed by atoms with E-state index in [1.165, 1.54) is 5.56 Å². The van der Waals surface area contributed by atoms with Crippen LogP contribution >= 0.6 is 0 Å². The van der Waals surface area contributed by atoms with Gasteiger partial charge in [0.05, 0.1) is 12.7 Å². The maximum absolute atomic E-state index is 12.8. The Kier molecular flexibility index (Phi) is 5.73. The minimum Gasteiger partial charge on any atom is -0.292 e. The van der Waals surface area contributed by atoms with Crippen LogP contribution in [0.4, 0.5) is 0 Å². The Bertz CT molecular complexity index is 1130. The lowest BCUT2D eigenvalue weighted by Crippen LogP contribution is -2.23. The predicted octanol–water partition coefficient (Wildman–Crippen LogP) is 4.61. The Balaban J connectivity index is 2.21. The van der Waals surface area contributed by atoms with Gasteiger partial charge >= 0.3 is 5.69 Å².